The van der Waals surface area contributed by atoms with Crippen molar-refractivity contribution in [3.05, 3.63) is 0 Å². The summed E-state index contributed by atoms with van der Waals surface area (Å²) >= 11 is 0. The van der Waals surface area contributed by atoms with Crippen molar-refractivity contribution in [2.24, 2.45) is 11.7 Å². The third-order valence-corrected chi connectivity index (χ3v) is 4.93. The number of piperidine rings is 1. The molecule has 1 amide bonds. The molecule has 0 aromatic heterocycles. The molecule has 0 aromatic carbocycles. The molecule has 0 unspecified atom stereocenters. The maximum Gasteiger partial charge on any atom is 0.236 e. The lowest BCUT2D eigenvalue weighted by atomic mass is 10.1. The maximum atomic E-state index is 12.3. The van der Waals surface area contributed by atoms with E-state index in [1.165, 1.54) is 19.4 Å². The molecule has 1 aliphatic carbocycles. The van der Waals surface area contributed by atoms with Gasteiger partial charge in [0.2, 0.25) is 5.91 Å². The minimum atomic E-state index is 0.312. The number of amides is 1. The SMILES string of the molecule is NC1CCN(CC(=O)N2CCN(CC3CC3)CC2)CC1. The molecule has 0 bridgehead atoms. The lowest BCUT2D eigenvalue weighted by Gasteiger charge is -2.37. The van der Waals surface area contributed by atoms with Crippen molar-refractivity contribution < 1.29 is 4.79 Å². The highest BCUT2D eigenvalue weighted by Crippen LogP contribution is 2.29. The number of carbonyl (C=O) groups excluding carboxylic acids is 1. The number of rotatable bonds is 4. The standard InChI is InChI=1S/C15H28N4O/c16-14-3-5-17(6-4-14)12-15(20)19-9-7-18(8-10-19)11-13-1-2-13/h13-14H,1-12,16H2. The number of likely N-dealkylation sites (tertiary alicyclic amines) is 1. The zero-order chi connectivity index (χ0) is 13.9. The molecule has 3 aliphatic rings. The molecule has 0 atom stereocenters. The van der Waals surface area contributed by atoms with E-state index in [4.69, 9.17) is 5.73 Å². The number of hydrogen-bond acceptors (Lipinski definition) is 4. The number of nitrogens with two attached hydrogens (primary N) is 1. The first-order chi connectivity index (χ1) is 9.70. The van der Waals surface area contributed by atoms with E-state index in [0.29, 0.717) is 18.5 Å². The van der Waals surface area contributed by atoms with Gasteiger partial charge in [0.15, 0.2) is 0 Å². The zero-order valence-corrected chi connectivity index (χ0v) is 12.5. The summed E-state index contributed by atoms with van der Waals surface area (Å²) in [6.07, 6.45) is 4.89. The first kappa shape index (κ1) is 14.3. The summed E-state index contributed by atoms with van der Waals surface area (Å²) in [7, 11) is 0. The zero-order valence-electron chi connectivity index (χ0n) is 12.5. The topological polar surface area (TPSA) is 52.8 Å². The molecule has 1 saturated carbocycles. The fourth-order valence-corrected chi connectivity index (χ4v) is 3.25. The van der Waals surface area contributed by atoms with Crippen LogP contribution < -0.4 is 5.73 Å². The van der Waals surface area contributed by atoms with Gasteiger partial charge in [-0.05, 0) is 31.6 Å². The lowest BCUT2D eigenvalue weighted by molar-refractivity contribution is -0.134. The van der Waals surface area contributed by atoms with E-state index in [1.54, 1.807) is 0 Å². The fourth-order valence-electron chi connectivity index (χ4n) is 3.25. The summed E-state index contributed by atoms with van der Waals surface area (Å²) in [6, 6.07) is 0.340. The Morgan fingerprint density at radius 3 is 2.15 bits per heavy atom. The van der Waals surface area contributed by atoms with Gasteiger partial charge in [-0.15, -0.1) is 0 Å². The summed E-state index contributed by atoms with van der Waals surface area (Å²) in [5.41, 5.74) is 5.90. The predicted octanol–water partition coefficient (Wildman–Crippen LogP) is -0.0363. The molecular weight excluding hydrogens is 252 g/mol. The van der Waals surface area contributed by atoms with Gasteiger partial charge >= 0.3 is 0 Å². The van der Waals surface area contributed by atoms with Crippen LogP contribution in [-0.4, -0.2) is 79.0 Å². The molecule has 20 heavy (non-hydrogen) atoms. The van der Waals surface area contributed by atoms with Gasteiger partial charge in [-0.25, -0.2) is 0 Å². The van der Waals surface area contributed by atoms with E-state index >= 15 is 0 Å². The molecule has 5 nitrogen and oxygen atoms in total. The Morgan fingerprint density at radius 1 is 0.900 bits per heavy atom. The van der Waals surface area contributed by atoms with Crippen molar-refractivity contribution in [2.45, 2.75) is 31.7 Å². The quantitative estimate of drug-likeness (QED) is 0.785. The Bertz CT molecular complexity index is 329. The second kappa shape index (κ2) is 6.41. The molecule has 2 N–H and O–H groups in total. The fraction of sp³-hybridized carbons (Fsp3) is 0.933. The first-order valence-electron chi connectivity index (χ1n) is 8.19. The van der Waals surface area contributed by atoms with E-state index in [9.17, 15) is 4.79 Å². The van der Waals surface area contributed by atoms with Crippen molar-refractivity contribution in [3.8, 4) is 0 Å². The van der Waals surface area contributed by atoms with Gasteiger partial charge in [0.25, 0.3) is 0 Å². The first-order valence-corrected chi connectivity index (χ1v) is 8.19. The van der Waals surface area contributed by atoms with Gasteiger partial charge in [0.1, 0.15) is 0 Å². The summed E-state index contributed by atoms with van der Waals surface area (Å²) in [5.74, 6) is 1.27. The predicted molar refractivity (Wildman–Crippen MR) is 79.4 cm³/mol. The summed E-state index contributed by atoms with van der Waals surface area (Å²) in [4.78, 5) is 19.2. The van der Waals surface area contributed by atoms with Crippen LogP contribution in [0.3, 0.4) is 0 Å². The van der Waals surface area contributed by atoms with Gasteiger partial charge in [-0.1, -0.05) is 0 Å². The Morgan fingerprint density at radius 2 is 1.55 bits per heavy atom. The van der Waals surface area contributed by atoms with Crippen LogP contribution in [0.1, 0.15) is 25.7 Å². The Kier molecular flexibility index (Phi) is 4.58. The molecule has 3 rings (SSSR count). The van der Waals surface area contributed by atoms with Crippen molar-refractivity contribution in [3.63, 3.8) is 0 Å². The van der Waals surface area contributed by atoms with E-state index in [0.717, 1.165) is 58.0 Å². The third-order valence-electron chi connectivity index (χ3n) is 4.93. The average molecular weight is 280 g/mol. The maximum absolute atomic E-state index is 12.3. The monoisotopic (exact) mass is 280 g/mol. The van der Waals surface area contributed by atoms with Gasteiger partial charge < -0.3 is 10.6 Å². The second-order valence-electron chi connectivity index (χ2n) is 6.74. The normalized spacial score (nSPS) is 26.9. The van der Waals surface area contributed by atoms with E-state index in [1.807, 2.05) is 0 Å². The summed E-state index contributed by atoms with van der Waals surface area (Å²) in [5, 5.41) is 0. The van der Waals surface area contributed by atoms with Gasteiger partial charge in [0.05, 0.1) is 6.54 Å². The molecule has 2 aliphatic heterocycles. The van der Waals surface area contributed by atoms with Gasteiger partial charge in [-0.3, -0.25) is 14.6 Å². The minimum absolute atomic E-state index is 0.312. The van der Waals surface area contributed by atoms with Crippen molar-refractivity contribution >= 4 is 5.91 Å². The average Bonchev–Trinajstić information content (AvgIpc) is 3.26. The molecule has 3 fully saturated rings. The van der Waals surface area contributed by atoms with Crippen LogP contribution >= 0.6 is 0 Å². The van der Waals surface area contributed by atoms with Crippen LogP contribution in [0.15, 0.2) is 0 Å². The smallest absolute Gasteiger partial charge is 0.236 e. The third kappa shape index (κ3) is 3.93. The van der Waals surface area contributed by atoms with Crippen LogP contribution in [0, 0.1) is 5.92 Å². The van der Waals surface area contributed by atoms with E-state index in [-0.39, 0.29) is 0 Å². The molecule has 114 valence electrons. The lowest BCUT2D eigenvalue weighted by Crippen LogP contribution is -2.52. The van der Waals surface area contributed by atoms with Crippen molar-refractivity contribution in [1.29, 1.82) is 0 Å². The van der Waals surface area contributed by atoms with E-state index in [2.05, 4.69) is 14.7 Å². The number of piperazine rings is 1. The Labute approximate surface area is 122 Å². The van der Waals surface area contributed by atoms with Crippen LogP contribution in [0.4, 0.5) is 0 Å². The Hall–Kier alpha value is -0.650. The van der Waals surface area contributed by atoms with Crippen molar-refractivity contribution in [1.82, 2.24) is 14.7 Å². The molecule has 0 radical (unpaired) electrons. The van der Waals surface area contributed by atoms with Crippen LogP contribution in [0.2, 0.25) is 0 Å². The highest BCUT2D eigenvalue weighted by Gasteiger charge is 2.28. The van der Waals surface area contributed by atoms with Crippen LogP contribution in [0.5, 0.6) is 0 Å². The highest BCUT2D eigenvalue weighted by molar-refractivity contribution is 5.78. The van der Waals surface area contributed by atoms with Crippen LogP contribution in [-0.2, 0) is 4.79 Å². The van der Waals surface area contributed by atoms with Crippen molar-refractivity contribution in [2.75, 3.05) is 52.4 Å². The second-order valence-corrected chi connectivity index (χ2v) is 6.74. The number of hydrogen-bond donors (Lipinski definition) is 1. The summed E-state index contributed by atoms with van der Waals surface area (Å²) in [6.45, 7) is 7.77. The highest BCUT2D eigenvalue weighted by atomic mass is 16.2. The van der Waals surface area contributed by atoms with Gasteiger partial charge in [-0.2, -0.15) is 0 Å². The summed E-state index contributed by atoms with van der Waals surface area (Å²) < 4.78 is 0. The molecular formula is C15H28N4O. The van der Waals surface area contributed by atoms with E-state index < -0.39 is 0 Å². The minimum Gasteiger partial charge on any atom is -0.339 e. The molecule has 0 aromatic rings. The largest absolute Gasteiger partial charge is 0.339 e. The Balaban J connectivity index is 1.37. The molecule has 5 heteroatoms. The molecule has 0 spiro atoms. The molecule has 2 saturated heterocycles. The van der Waals surface area contributed by atoms with Gasteiger partial charge in [0, 0.05) is 51.9 Å². The number of carbonyl (C=O) groups is 1. The number of nitrogens with zero attached hydrogens (tertiary/aromatic N) is 3. The molecule has 2 heterocycles. The van der Waals surface area contributed by atoms with Crippen LogP contribution in [0.25, 0.3) is 0 Å².